The predicted octanol–water partition coefficient (Wildman–Crippen LogP) is 2.16. The van der Waals surface area contributed by atoms with E-state index in [1.54, 1.807) is 19.4 Å². The summed E-state index contributed by atoms with van der Waals surface area (Å²) in [7, 11) is 1.75. The normalized spacial score (nSPS) is 14.7. The highest BCUT2D eigenvalue weighted by molar-refractivity contribution is 6.31. The van der Waals surface area contributed by atoms with Crippen LogP contribution in [0.5, 0.6) is 0 Å². The molecule has 1 fully saturated rings. The number of aromatic nitrogens is 2. The highest BCUT2D eigenvalue weighted by atomic mass is 35.5. The number of nitrogens with one attached hydrogen (secondary N) is 2. The summed E-state index contributed by atoms with van der Waals surface area (Å²) >= 11 is 6.10. The van der Waals surface area contributed by atoms with E-state index in [4.69, 9.17) is 11.6 Å². The molecule has 3 rings (SSSR count). The standard InChI is InChI=1S/C20H26ClN7O/c1-15-16(21)5-3-6-17(15)26-18(29)7-10-25-19(22-2)27-11-13-28(14-12-27)20-23-8-4-9-24-20/h3-6,8-9H,7,10-14H2,1-2H3,(H,22,25)(H,26,29). The molecule has 2 heterocycles. The van der Waals surface area contributed by atoms with E-state index in [-0.39, 0.29) is 5.91 Å². The van der Waals surface area contributed by atoms with Crippen LogP contribution in [-0.2, 0) is 4.79 Å². The van der Waals surface area contributed by atoms with Crippen LogP contribution in [0.2, 0.25) is 5.02 Å². The molecule has 1 aliphatic rings. The summed E-state index contributed by atoms with van der Waals surface area (Å²) in [4.78, 5) is 29.5. The van der Waals surface area contributed by atoms with Crippen molar-refractivity contribution in [2.45, 2.75) is 13.3 Å². The molecule has 1 aromatic carbocycles. The van der Waals surface area contributed by atoms with Crippen molar-refractivity contribution in [1.29, 1.82) is 0 Å². The highest BCUT2D eigenvalue weighted by Gasteiger charge is 2.21. The van der Waals surface area contributed by atoms with E-state index in [2.05, 4.69) is 35.4 Å². The predicted molar refractivity (Wildman–Crippen MR) is 117 cm³/mol. The Bertz CT molecular complexity index is 851. The zero-order valence-electron chi connectivity index (χ0n) is 16.7. The highest BCUT2D eigenvalue weighted by Crippen LogP contribution is 2.22. The van der Waals surface area contributed by atoms with Crippen molar-refractivity contribution in [3.05, 3.63) is 47.2 Å². The van der Waals surface area contributed by atoms with Gasteiger partial charge in [0.2, 0.25) is 11.9 Å². The molecular weight excluding hydrogens is 390 g/mol. The second-order valence-corrected chi connectivity index (χ2v) is 7.11. The van der Waals surface area contributed by atoms with Gasteiger partial charge < -0.3 is 20.4 Å². The lowest BCUT2D eigenvalue weighted by Gasteiger charge is -2.36. The van der Waals surface area contributed by atoms with Gasteiger partial charge in [-0.25, -0.2) is 9.97 Å². The van der Waals surface area contributed by atoms with Gasteiger partial charge in [0.25, 0.3) is 0 Å². The summed E-state index contributed by atoms with van der Waals surface area (Å²) in [6.45, 7) is 5.65. The Labute approximate surface area is 176 Å². The average molecular weight is 416 g/mol. The number of amides is 1. The lowest BCUT2D eigenvalue weighted by atomic mass is 10.2. The fraction of sp³-hybridized carbons (Fsp3) is 0.400. The number of benzene rings is 1. The lowest BCUT2D eigenvalue weighted by molar-refractivity contribution is -0.116. The number of nitrogens with zero attached hydrogens (tertiary/aromatic N) is 5. The van der Waals surface area contributed by atoms with Gasteiger partial charge in [-0.15, -0.1) is 0 Å². The van der Waals surface area contributed by atoms with Crippen molar-refractivity contribution in [2.75, 3.05) is 50.0 Å². The molecule has 1 saturated heterocycles. The van der Waals surface area contributed by atoms with E-state index in [1.165, 1.54) is 0 Å². The molecular formula is C20H26ClN7O. The Morgan fingerprint density at radius 3 is 2.59 bits per heavy atom. The van der Waals surface area contributed by atoms with Crippen molar-refractivity contribution >= 4 is 35.1 Å². The first-order valence-electron chi connectivity index (χ1n) is 9.61. The minimum atomic E-state index is -0.0654. The number of piperazine rings is 1. The number of rotatable bonds is 5. The molecule has 154 valence electrons. The Morgan fingerprint density at radius 2 is 1.90 bits per heavy atom. The van der Waals surface area contributed by atoms with Crippen LogP contribution < -0.4 is 15.5 Å². The molecule has 0 atom stereocenters. The van der Waals surface area contributed by atoms with Gasteiger partial charge in [0.05, 0.1) is 0 Å². The summed E-state index contributed by atoms with van der Waals surface area (Å²) in [5.41, 5.74) is 1.61. The molecule has 0 aliphatic carbocycles. The number of hydrogen-bond acceptors (Lipinski definition) is 5. The third kappa shape index (κ3) is 5.57. The lowest BCUT2D eigenvalue weighted by Crippen LogP contribution is -2.53. The van der Waals surface area contributed by atoms with E-state index < -0.39 is 0 Å². The van der Waals surface area contributed by atoms with Gasteiger partial charge in [-0.05, 0) is 30.7 Å². The van der Waals surface area contributed by atoms with E-state index in [9.17, 15) is 4.79 Å². The zero-order chi connectivity index (χ0) is 20.6. The fourth-order valence-corrected chi connectivity index (χ4v) is 3.32. The van der Waals surface area contributed by atoms with Crippen LogP contribution in [0.15, 0.2) is 41.7 Å². The maximum absolute atomic E-state index is 12.3. The first-order chi connectivity index (χ1) is 14.1. The molecule has 0 spiro atoms. The van der Waals surface area contributed by atoms with Gasteiger partial charge in [-0.2, -0.15) is 0 Å². The van der Waals surface area contributed by atoms with Gasteiger partial charge >= 0.3 is 0 Å². The quantitative estimate of drug-likeness (QED) is 0.575. The second-order valence-electron chi connectivity index (χ2n) is 6.71. The topological polar surface area (TPSA) is 85.8 Å². The first-order valence-corrected chi connectivity index (χ1v) is 9.99. The average Bonchev–Trinajstić information content (AvgIpc) is 2.75. The SMILES string of the molecule is CN=C(NCCC(=O)Nc1cccc(Cl)c1C)N1CCN(c2ncccn2)CC1. The van der Waals surface area contributed by atoms with Gasteiger partial charge in [0, 0.05) is 69.3 Å². The smallest absolute Gasteiger partial charge is 0.226 e. The van der Waals surface area contributed by atoms with Gasteiger partial charge in [0.15, 0.2) is 5.96 Å². The molecule has 0 saturated carbocycles. The van der Waals surface area contributed by atoms with Gasteiger partial charge in [-0.1, -0.05) is 17.7 Å². The first kappa shape index (κ1) is 20.9. The van der Waals surface area contributed by atoms with Crippen LogP contribution in [0.25, 0.3) is 0 Å². The largest absolute Gasteiger partial charge is 0.356 e. The van der Waals surface area contributed by atoms with E-state index in [1.807, 2.05) is 31.2 Å². The molecule has 0 bridgehead atoms. The Hall–Kier alpha value is -2.87. The fourth-order valence-electron chi connectivity index (χ4n) is 3.15. The molecule has 29 heavy (non-hydrogen) atoms. The molecule has 1 amide bonds. The van der Waals surface area contributed by atoms with Gasteiger partial charge in [0.1, 0.15) is 0 Å². The number of guanidine groups is 1. The Balaban J connectivity index is 1.44. The summed E-state index contributed by atoms with van der Waals surface area (Å²) in [5, 5.41) is 6.82. The van der Waals surface area contributed by atoms with Gasteiger partial charge in [-0.3, -0.25) is 9.79 Å². The van der Waals surface area contributed by atoms with Crippen LogP contribution in [0.1, 0.15) is 12.0 Å². The summed E-state index contributed by atoms with van der Waals surface area (Å²) < 4.78 is 0. The number of carbonyl (C=O) groups excluding carboxylic acids is 1. The third-order valence-corrected chi connectivity index (χ3v) is 5.21. The van der Waals surface area contributed by atoms with Crippen molar-refractivity contribution < 1.29 is 4.79 Å². The van der Waals surface area contributed by atoms with E-state index in [0.717, 1.165) is 49.3 Å². The number of anilines is 2. The van der Waals surface area contributed by atoms with Crippen molar-refractivity contribution in [2.24, 2.45) is 4.99 Å². The minimum absolute atomic E-state index is 0.0654. The van der Waals surface area contributed by atoms with Crippen LogP contribution in [-0.4, -0.2) is 66.5 Å². The van der Waals surface area contributed by atoms with E-state index >= 15 is 0 Å². The molecule has 0 unspecified atom stereocenters. The third-order valence-electron chi connectivity index (χ3n) is 4.80. The number of carbonyl (C=O) groups is 1. The maximum atomic E-state index is 12.3. The van der Waals surface area contributed by atoms with Crippen LogP contribution in [0, 0.1) is 6.92 Å². The van der Waals surface area contributed by atoms with Crippen molar-refractivity contribution in [3.8, 4) is 0 Å². The monoisotopic (exact) mass is 415 g/mol. The summed E-state index contributed by atoms with van der Waals surface area (Å²) in [6, 6.07) is 7.30. The van der Waals surface area contributed by atoms with Crippen molar-refractivity contribution in [1.82, 2.24) is 20.2 Å². The Morgan fingerprint density at radius 1 is 1.17 bits per heavy atom. The van der Waals surface area contributed by atoms with E-state index in [0.29, 0.717) is 18.0 Å². The maximum Gasteiger partial charge on any atom is 0.226 e. The Kier molecular flexibility index (Phi) is 7.24. The number of aliphatic imine (C=N–C) groups is 1. The summed E-state index contributed by atoms with van der Waals surface area (Å²) in [6.07, 6.45) is 3.85. The van der Waals surface area contributed by atoms with Crippen LogP contribution in [0.4, 0.5) is 11.6 Å². The minimum Gasteiger partial charge on any atom is -0.356 e. The van der Waals surface area contributed by atoms with Crippen LogP contribution >= 0.6 is 11.6 Å². The molecule has 2 N–H and O–H groups in total. The molecule has 9 heteroatoms. The zero-order valence-corrected chi connectivity index (χ0v) is 17.5. The molecule has 8 nitrogen and oxygen atoms in total. The van der Waals surface area contributed by atoms with Crippen molar-refractivity contribution in [3.63, 3.8) is 0 Å². The van der Waals surface area contributed by atoms with Crippen LogP contribution in [0.3, 0.4) is 0 Å². The number of hydrogen-bond donors (Lipinski definition) is 2. The number of halogens is 1. The molecule has 1 aliphatic heterocycles. The second kappa shape index (κ2) is 10.1. The molecule has 2 aromatic rings. The molecule has 0 radical (unpaired) electrons. The summed E-state index contributed by atoms with van der Waals surface area (Å²) in [5.74, 6) is 1.48. The molecule has 1 aromatic heterocycles.